The standard InChI is InChI=1S/C31H38O7/c1-19(2)27(33)38-26-25(37-28(34)22-12-8-7-9-13-22)30(5)20(3)11-10-14-23(30)29(4,31(26,6)35)16-15-21-17-24(32)36-18-21/h7-9,11-13,15-17,19,23,25-26,35H,10,14,18H2,1-6H3. The first kappa shape index (κ1) is 27.8. The zero-order valence-corrected chi connectivity index (χ0v) is 23.0. The zero-order valence-electron chi connectivity index (χ0n) is 23.0. The van der Waals surface area contributed by atoms with E-state index in [1.165, 1.54) is 6.08 Å². The highest BCUT2D eigenvalue weighted by Crippen LogP contribution is 2.63. The lowest BCUT2D eigenvalue weighted by Gasteiger charge is -2.64. The maximum atomic E-state index is 13.4. The summed E-state index contributed by atoms with van der Waals surface area (Å²) in [7, 11) is 0. The lowest BCUT2D eigenvalue weighted by atomic mass is 9.44. The molecule has 1 aromatic rings. The Morgan fingerprint density at radius 2 is 1.79 bits per heavy atom. The molecule has 0 spiro atoms. The predicted molar refractivity (Wildman–Crippen MR) is 142 cm³/mol. The van der Waals surface area contributed by atoms with Crippen LogP contribution in [0.15, 0.2) is 65.8 Å². The molecular weight excluding hydrogens is 484 g/mol. The van der Waals surface area contributed by atoms with Crippen molar-refractivity contribution in [3.63, 3.8) is 0 Å². The van der Waals surface area contributed by atoms with Crippen LogP contribution in [-0.2, 0) is 23.8 Å². The fourth-order valence-corrected chi connectivity index (χ4v) is 6.30. The Morgan fingerprint density at radius 3 is 2.39 bits per heavy atom. The number of aliphatic hydroxyl groups is 1. The number of hydrogen-bond acceptors (Lipinski definition) is 7. The second-order valence-corrected chi connectivity index (χ2v) is 11.6. The van der Waals surface area contributed by atoms with Crippen molar-refractivity contribution in [1.29, 1.82) is 0 Å². The first-order valence-corrected chi connectivity index (χ1v) is 13.2. The van der Waals surface area contributed by atoms with Gasteiger partial charge in [0.25, 0.3) is 0 Å². The van der Waals surface area contributed by atoms with Crippen molar-refractivity contribution in [2.45, 2.75) is 72.2 Å². The van der Waals surface area contributed by atoms with Crippen molar-refractivity contribution >= 4 is 17.9 Å². The maximum Gasteiger partial charge on any atom is 0.338 e. The van der Waals surface area contributed by atoms with Gasteiger partial charge < -0.3 is 19.3 Å². The highest BCUT2D eigenvalue weighted by molar-refractivity contribution is 5.89. The summed E-state index contributed by atoms with van der Waals surface area (Å²) >= 11 is 0. The van der Waals surface area contributed by atoms with Crippen LogP contribution in [0.1, 0.15) is 64.7 Å². The van der Waals surface area contributed by atoms with E-state index in [1.54, 1.807) is 45.0 Å². The minimum atomic E-state index is -1.62. The fraction of sp³-hybridized carbons (Fsp3) is 0.516. The molecule has 6 unspecified atom stereocenters. The molecule has 4 rings (SSSR count). The average Bonchev–Trinajstić information content (AvgIpc) is 3.30. The number of esters is 3. The summed E-state index contributed by atoms with van der Waals surface area (Å²) in [5, 5.41) is 12.3. The number of carbonyl (C=O) groups excluding carboxylic acids is 3. The molecule has 1 N–H and O–H groups in total. The second kappa shape index (κ2) is 10.2. The molecule has 7 nitrogen and oxygen atoms in total. The van der Waals surface area contributed by atoms with Crippen LogP contribution in [-0.4, -0.2) is 47.4 Å². The molecule has 1 aliphatic heterocycles. The van der Waals surface area contributed by atoms with Crippen LogP contribution in [0.5, 0.6) is 0 Å². The van der Waals surface area contributed by atoms with E-state index in [0.29, 0.717) is 11.1 Å². The third kappa shape index (κ3) is 4.62. The van der Waals surface area contributed by atoms with Crippen LogP contribution >= 0.6 is 0 Å². The SMILES string of the molecule is CC1=CCCC2C1(C)C(OC(=O)c1ccccc1)C(OC(=O)C(C)C)C(C)(O)C2(C)C=CC1=CC(=O)OC1. The number of benzene rings is 1. The Hall–Kier alpha value is -3.19. The first-order valence-electron chi connectivity index (χ1n) is 13.2. The monoisotopic (exact) mass is 522 g/mol. The zero-order chi connectivity index (χ0) is 27.9. The average molecular weight is 523 g/mol. The summed E-state index contributed by atoms with van der Waals surface area (Å²) in [5.41, 5.74) is -1.20. The minimum absolute atomic E-state index is 0.164. The molecule has 2 aliphatic carbocycles. The molecule has 1 saturated carbocycles. The lowest BCUT2D eigenvalue weighted by Crippen LogP contribution is -2.72. The largest absolute Gasteiger partial charge is 0.458 e. The summed E-state index contributed by atoms with van der Waals surface area (Å²) in [6.07, 6.45) is 6.72. The Labute approximate surface area is 224 Å². The van der Waals surface area contributed by atoms with Crippen LogP contribution in [0, 0.1) is 22.7 Å². The molecule has 1 aromatic carbocycles. The second-order valence-electron chi connectivity index (χ2n) is 11.6. The predicted octanol–water partition coefficient (Wildman–Crippen LogP) is 4.95. The summed E-state index contributed by atoms with van der Waals surface area (Å²) in [6.45, 7) is 11.3. The van der Waals surface area contributed by atoms with Gasteiger partial charge in [0.1, 0.15) is 12.2 Å². The topological polar surface area (TPSA) is 99.1 Å². The highest BCUT2D eigenvalue weighted by Gasteiger charge is 2.69. The van der Waals surface area contributed by atoms with Gasteiger partial charge in [0, 0.05) is 16.9 Å². The number of carbonyl (C=O) groups is 3. The molecule has 1 fully saturated rings. The minimum Gasteiger partial charge on any atom is -0.458 e. The van der Waals surface area contributed by atoms with Crippen molar-refractivity contribution in [3.05, 3.63) is 71.3 Å². The van der Waals surface area contributed by atoms with Gasteiger partial charge in [0.15, 0.2) is 12.2 Å². The molecule has 0 radical (unpaired) electrons. The summed E-state index contributed by atoms with van der Waals surface area (Å²) < 4.78 is 17.3. The van der Waals surface area contributed by atoms with E-state index < -0.39 is 52.5 Å². The van der Waals surface area contributed by atoms with Gasteiger partial charge in [0.05, 0.1) is 11.5 Å². The van der Waals surface area contributed by atoms with Gasteiger partial charge in [-0.3, -0.25) is 4.79 Å². The van der Waals surface area contributed by atoms with Crippen molar-refractivity contribution in [3.8, 4) is 0 Å². The third-order valence-corrected chi connectivity index (χ3v) is 9.00. The van der Waals surface area contributed by atoms with E-state index >= 15 is 0 Å². The first-order chi connectivity index (χ1) is 17.8. The third-order valence-electron chi connectivity index (χ3n) is 9.00. The van der Waals surface area contributed by atoms with Gasteiger partial charge in [-0.05, 0) is 50.3 Å². The number of cyclic esters (lactones) is 1. The number of allylic oxidation sites excluding steroid dienone is 1. The fourth-order valence-electron chi connectivity index (χ4n) is 6.30. The van der Waals surface area contributed by atoms with Crippen molar-refractivity contribution < 1.29 is 33.7 Å². The van der Waals surface area contributed by atoms with E-state index in [2.05, 4.69) is 6.08 Å². The molecular formula is C31H38O7. The Morgan fingerprint density at radius 1 is 1.11 bits per heavy atom. The highest BCUT2D eigenvalue weighted by atomic mass is 16.6. The van der Waals surface area contributed by atoms with E-state index in [9.17, 15) is 19.5 Å². The molecule has 3 aliphatic rings. The van der Waals surface area contributed by atoms with Crippen molar-refractivity contribution in [1.82, 2.24) is 0 Å². The Balaban J connectivity index is 1.86. The van der Waals surface area contributed by atoms with Gasteiger partial charge >= 0.3 is 17.9 Å². The molecule has 6 atom stereocenters. The normalized spacial score (nSPS) is 34.8. The van der Waals surface area contributed by atoms with Crippen LogP contribution in [0.4, 0.5) is 0 Å². The molecule has 1 heterocycles. The Bertz CT molecular complexity index is 1190. The van der Waals surface area contributed by atoms with Gasteiger partial charge in [0.2, 0.25) is 0 Å². The smallest absolute Gasteiger partial charge is 0.338 e. The van der Waals surface area contributed by atoms with Crippen LogP contribution in [0.2, 0.25) is 0 Å². The quantitative estimate of drug-likeness (QED) is 0.321. The number of ether oxygens (including phenoxy) is 3. The lowest BCUT2D eigenvalue weighted by molar-refractivity contribution is -0.261. The van der Waals surface area contributed by atoms with Gasteiger partial charge in [-0.25, -0.2) is 9.59 Å². The van der Waals surface area contributed by atoms with E-state index in [-0.39, 0.29) is 12.5 Å². The molecule has 0 saturated heterocycles. The van der Waals surface area contributed by atoms with Crippen LogP contribution in [0.3, 0.4) is 0 Å². The molecule has 204 valence electrons. The molecule has 0 aromatic heterocycles. The Kier molecular flexibility index (Phi) is 7.45. The van der Waals surface area contributed by atoms with E-state index in [1.807, 2.05) is 39.0 Å². The van der Waals surface area contributed by atoms with Crippen molar-refractivity contribution in [2.75, 3.05) is 6.61 Å². The summed E-state index contributed by atoms with van der Waals surface area (Å²) in [5.74, 6) is -2.05. The number of fused-ring (bicyclic) bond motifs is 1. The number of rotatable bonds is 6. The van der Waals surface area contributed by atoms with E-state index in [0.717, 1.165) is 18.4 Å². The van der Waals surface area contributed by atoms with Crippen LogP contribution in [0.25, 0.3) is 0 Å². The molecule has 7 heteroatoms. The maximum absolute atomic E-state index is 13.4. The molecule has 0 amide bonds. The number of hydrogen-bond donors (Lipinski definition) is 1. The molecule has 38 heavy (non-hydrogen) atoms. The van der Waals surface area contributed by atoms with Gasteiger partial charge in [-0.15, -0.1) is 0 Å². The molecule has 0 bridgehead atoms. The van der Waals surface area contributed by atoms with Crippen LogP contribution < -0.4 is 0 Å². The van der Waals surface area contributed by atoms with Gasteiger partial charge in [-0.1, -0.05) is 69.7 Å². The summed E-state index contributed by atoms with van der Waals surface area (Å²) in [6, 6.07) is 8.68. The van der Waals surface area contributed by atoms with E-state index in [4.69, 9.17) is 14.2 Å². The summed E-state index contributed by atoms with van der Waals surface area (Å²) in [4.78, 5) is 38.0. The van der Waals surface area contributed by atoms with Gasteiger partial charge in [-0.2, -0.15) is 0 Å². The van der Waals surface area contributed by atoms with Crippen molar-refractivity contribution in [2.24, 2.45) is 22.7 Å².